The molecule has 3 aliphatic heterocycles. The smallest absolute Gasteiger partial charge is 0.490 e. The van der Waals surface area contributed by atoms with Crippen molar-refractivity contribution >= 4 is 48.1 Å². The number of nitrogens with two attached hydrogens (primary N) is 2. The molecule has 4 N–H and O–H groups in total. The van der Waals surface area contributed by atoms with Crippen molar-refractivity contribution in [2.75, 3.05) is 51.9 Å². The SMILES string of the molecule is CC(C)(C)OC(=O)N1CC=C(B2OC(C)(C)C(C)(C)O2)CC1.COc1cc(C2=CCN(C(=O)OC(C)(C)C)CC2)nnc1N.COc1cc(Cl)nnc1N. The Bertz CT molecular complexity index is 1680. The lowest BCUT2D eigenvalue weighted by Crippen LogP contribution is -2.41. The van der Waals surface area contributed by atoms with E-state index in [1.807, 2.05) is 81.4 Å². The molecule has 0 spiro atoms. The highest BCUT2D eigenvalue weighted by molar-refractivity contribution is 6.54. The molecule has 18 heteroatoms. The molecule has 16 nitrogen and oxygen atoms in total. The van der Waals surface area contributed by atoms with Gasteiger partial charge in [-0.15, -0.1) is 20.4 Å². The number of nitrogen functional groups attached to an aromatic ring is 2. The van der Waals surface area contributed by atoms with Gasteiger partial charge in [0.25, 0.3) is 0 Å². The molecule has 3 aliphatic rings. The van der Waals surface area contributed by atoms with Crippen molar-refractivity contribution in [3.63, 3.8) is 0 Å². The van der Waals surface area contributed by atoms with Crippen molar-refractivity contribution < 1.29 is 37.8 Å². The average molecular weight is 775 g/mol. The summed E-state index contributed by atoms with van der Waals surface area (Å²) >= 11 is 5.49. The van der Waals surface area contributed by atoms with E-state index < -0.39 is 11.2 Å². The third-order valence-electron chi connectivity index (χ3n) is 8.62. The summed E-state index contributed by atoms with van der Waals surface area (Å²) in [5, 5.41) is 15.3. The molecule has 2 aromatic heterocycles. The van der Waals surface area contributed by atoms with E-state index in [0.29, 0.717) is 44.1 Å². The molecule has 1 fully saturated rings. The Kier molecular flexibility index (Phi) is 14.6. The molecule has 0 aromatic carbocycles. The molecule has 1 saturated heterocycles. The molecule has 0 atom stereocenters. The fourth-order valence-corrected chi connectivity index (χ4v) is 5.15. The van der Waals surface area contributed by atoms with E-state index in [0.717, 1.165) is 23.2 Å². The number of nitrogens with zero attached hydrogens (tertiary/aromatic N) is 6. The summed E-state index contributed by atoms with van der Waals surface area (Å²) in [7, 11) is 2.71. The third kappa shape index (κ3) is 12.6. The molecule has 2 aromatic rings. The summed E-state index contributed by atoms with van der Waals surface area (Å²) in [5.41, 5.74) is 12.2. The quantitative estimate of drug-likeness (QED) is 0.343. The van der Waals surface area contributed by atoms with Gasteiger partial charge in [0.1, 0.15) is 11.2 Å². The zero-order valence-corrected chi connectivity index (χ0v) is 34.4. The summed E-state index contributed by atoms with van der Waals surface area (Å²) < 4.78 is 32.8. The van der Waals surface area contributed by atoms with Crippen LogP contribution in [0, 0.1) is 0 Å². The van der Waals surface area contributed by atoms with Gasteiger partial charge in [0.05, 0.1) is 31.1 Å². The van der Waals surface area contributed by atoms with E-state index in [2.05, 4.69) is 20.4 Å². The Labute approximate surface area is 324 Å². The van der Waals surface area contributed by atoms with Crippen molar-refractivity contribution in [3.05, 3.63) is 40.6 Å². The molecule has 5 rings (SSSR count). The third-order valence-corrected chi connectivity index (χ3v) is 8.81. The zero-order valence-electron chi connectivity index (χ0n) is 33.6. The molecule has 0 radical (unpaired) electrons. The molecule has 0 bridgehead atoms. The first kappa shape index (κ1) is 44.1. The van der Waals surface area contributed by atoms with Gasteiger partial charge in [-0.1, -0.05) is 23.8 Å². The molecule has 0 unspecified atom stereocenters. The maximum absolute atomic E-state index is 12.1. The molecule has 0 aliphatic carbocycles. The topological polar surface area (TPSA) is 200 Å². The van der Waals surface area contributed by atoms with Crippen LogP contribution in [0.25, 0.3) is 5.57 Å². The number of anilines is 2. The second-order valence-electron chi connectivity index (χ2n) is 15.8. The van der Waals surface area contributed by atoms with Gasteiger partial charge in [-0.05, 0) is 93.1 Å². The summed E-state index contributed by atoms with van der Waals surface area (Å²) in [4.78, 5) is 27.4. The average Bonchev–Trinajstić information content (AvgIpc) is 3.31. The highest BCUT2D eigenvalue weighted by Crippen LogP contribution is 2.39. The van der Waals surface area contributed by atoms with Crippen LogP contribution >= 0.6 is 11.6 Å². The first-order valence-corrected chi connectivity index (χ1v) is 18.0. The van der Waals surface area contributed by atoms with Gasteiger partial charge in [0, 0.05) is 38.3 Å². The van der Waals surface area contributed by atoms with Crippen molar-refractivity contribution in [2.45, 2.75) is 104 Å². The maximum Gasteiger partial charge on any atom is 0.490 e. The number of aromatic nitrogens is 4. The number of halogens is 1. The lowest BCUT2D eigenvalue weighted by Gasteiger charge is -2.32. The Hall–Kier alpha value is -4.35. The second-order valence-corrected chi connectivity index (χ2v) is 16.1. The number of amides is 2. The van der Waals surface area contributed by atoms with Crippen molar-refractivity contribution in [1.82, 2.24) is 30.2 Å². The normalized spacial score (nSPS) is 17.8. The minimum absolute atomic E-state index is 0.243. The van der Waals surface area contributed by atoms with Gasteiger partial charge in [-0.3, -0.25) is 0 Å². The van der Waals surface area contributed by atoms with Gasteiger partial charge in [0.2, 0.25) is 0 Å². The minimum atomic E-state index is -0.489. The highest BCUT2D eigenvalue weighted by atomic mass is 35.5. The van der Waals surface area contributed by atoms with Crippen molar-refractivity contribution in [1.29, 1.82) is 0 Å². The van der Waals surface area contributed by atoms with Crippen LogP contribution in [0.1, 0.15) is 87.8 Å². The number of hydrogen-bond donors (Lipinski definition) is 2. The van der Waals surface area contributed by atoms with E-state index in [1.54, 1.807) is 15.9 Å². The standard InChI is InChI=1S/C16H28BNO4.C15H22N4O3.C5H6ClN3O/c1-14(2,3)20-13(19)18-10-8-12(9-11-18)17-21-15(4,5)16(6,7)22-17;1-15(2,3)22-14(20)19-7-5-10(6-8-19)11-9-12(21-4)13(16)18-17-11;1-10-3-2-4(6)8-9-5(3)7/h8H,9-11H2,1-7H3;5,9H,6-8H2,1-4H3,(H2,16,18);2H,1H3,(H2,7,9). The second kappa shape index (κ2) is 17.9. The molecular formula is C36H56BClN8O8. The summed E-state index contributed by atoms with van der Waals surface area (Å²) in [6, 6.07) is 3.27. The highest BCUT2D eigenvalue weighted by Gasteiger charge is 2.52. The minimum Gasteiger partial charge on any atom is -0.493 e. The first-order chi connectivity index (χ1) is 24.9. The molecule has 0 saturated carbocycles. The van der Waals surface area contributed by atoms with Gasteiger partial charge < -0.3 is 49.5 Å². The molecule has 298 valence electrons. The van der Waals surface area contributed by atoms with Gasteiger partial charge in [-0.25, -0.2) is 9.59 Å². The number of methoxy groups -OCH3 is 2. The molecule has 5 heterocycles. The number of ether oxygens (including phenoxy) is 4. The van der Waals surface area contributed by atoms with E-state index in [9.17, 15) is 9.59 Å². The molecule has 54 heavy (non-hydrogen) atoms. The van der Waals surface area contributed by atoms with Gasteiger partial charge in [0.15, 0.2) is 28.3 Å². The van der Waals surface area contributed by atoms with Crippen LogP contribution in [-0.4, -0.2) is 112 Å². The zero-order chi connectivity index (χ0) is 40.6. The van der Waals surface area contributed by atoms with E-state index in [-0.39, 0.29) is 47.3 Å². The summed E-state index contributed by atoms with van der Waals surface area (Å²) in [6.45, 7) is 21.6. The van der Waals surface area contributed by atoms with Gasteiger partial charge >= 0.3 is 19.3 Å². The van der Waals surface area contributed by atoms with Crippen LogP contribution in [-0.2, 0) is 18.8 Å². The lowest BCUT2D eigenvalue weighted by atomic mass is 9.75. The number of carbonyl (C=O) groups excluding carboxylic acids is 2. The van der Waals surface area contributed by atoms with Gasteiger partial charge in [-0.2, -0.15) is 0 Å². The number of rotatable bonds is 4. The van der Waals surface area contributed by atoms with Crippen LogP contribution in [0.5, 0.6) is 11.5 Å². The predicted molar refractivity (Wildman–Crippen MR) is 208 cm³/mol. The van der Waals surface area contributed by atoms with Crippen molar-refractivity contribution in [3.8, 4) is 11.5 Å². The maximum atomic E-state index is 12.1. The summed E-state index contributed by atoms with van der Waals surface area (Å²) in [6.07, 6.45) is 4.83. The number of hydrogen-bond acceptors (Lipinski definition) is 14. The first-order valence-electron chi connectivity index (χ1n) is 17.6. The fourth-order valence-electron chi connectivity index (χ4n) is 5.01. The lowest BCUT2D eigenvalue weighted by molar-refractivity contribution is 0.00578. The predicted octanol–water partition coefficient (Wildman–Crippen LogP) is 6.00. The Morgan fingerprint density at radius 3 is 1.63 bits per heavy atom. The monoisotopic (exact) mass is 774 g/mol. The molecule has 2 amide bonds. The van der Waals surface area contributed by atoms with Crippen LogP contribution in [0.2, 0.25) is 5.15 Å². The van der Waals surface area contributed by atoms with Crippen LogP contribution < -0.4 is 20.9 Å². The summed E-state index contributed by atoms with van der Waals surface area (Å²) in [5.74, 6) is 1.45. The Morgan fingerprint density at radius 2 is 1.22 bits per heavy atom. The Balaban J connectivity index is 0.000000233. The van der Waals surface area contributed by atoms with Crippen molar-refractivity contribution in [2.24, 2.45) is 0 Å². The van der Waals surface area contributed by atoms with E-state index >= 15 is 0 Å². The van der Waals surface area contributed by atoms with Crippen LogP contribution in [0.15, 0.2) is 29.8 Å². The van der Waals surface area contributed by atoms with E-state index in [4.69, 9.17) is 51.3 Å². The Morgan fingerprint density at radius 1 is 0.759 bits per heavy atom. The van der Waals surface area contributed by atoms with Crippen LogP contribution in [0.3, 0.4) is 0 Å². The van der Waals surface area contributed by atoms with Crippen LogP contribution in [0.4, 0.5) is 21.2 Å². The van der Waals surface area contributed by atoms with E-state index in [1.165, 1.54) is 20.3 Å². The fraction of sp³-hybridized carbons (Fsp3) is 0.611. The number of carbonyl (C=O) groups is 2. The molecular weight excluding hydrogens is 719 g/mol. The largest absolute Gasteiger partial charge is 0.493 e.